The molecule has 0 bridgehead atoms. The maximum Gasteiger partial charge on any atom is 0.336 e. The van der Waals surface area contributed by atoms with E-state index in [9.17, 15) is 19.1 Å². The Balaban J connectivity index is 1.84. The Kier molecular flexibility index (Phi) is 5.42. The normalized spacial score (nSPS) is 17.2. The molecule has 1 aliphatic heterocycles. The standard InChI is InChI=1S/C25H23FN2O4/c1-14-6-7-18(13-19(14)26)25(8-10-32-20-5-4-9-27-22(20)25)28-23(29)17-11-15(2)21(24(30)31)16(3)12-17/h4-7,9,11-13H,8,10H2,1-3H3,(H,28,29)(H,30,31)/t25-/m0/s1. The monoisotopic (exact) mass is 434 g/mol. The third kappa shape index (κ3) is 3.60. The number of carbonyl (C=O) groups is 2. The average molecular weight is 434 g/mol. The Hall–Kier alpha value is -3.74. The van der Waals surface area contributed by atoms with E-state index in [0.29, 0.717) is 52.3 Å². The van der Waals surface area contributed by atoms with Crippen molar-refractivity contribution in [2.75, 3.05) is 6.61 Å². The van der Waals surface area contributed by atoms with Crippen LogP contribution in [0.15, 0.2) is 48.7 Å². The average Bonchev–Trinajstić information content (AvgIpc) is 2.75. The number of aromatic carboxylic acids is 1. The van der Waals surface area contributed by atoms with Gasteiger partial charge in [0.05, 0.1) is 12.2 Å². The van der Waals surface area contributed by atoms with Crippen molar-refractivity contribution in [2.45, 2.75) is 32.7 Å². The van der Waals surface area contributed by atoms with E-state index in [4.69, 9.17) is 4.74 Å². The first-order valence-electron chi connectivity index (χ1n) is 10.2. The molecule has 32 heavy (non-hydrogen) atoms. The van der Waals surface area contributed by atoms with Gasteiger partial charge in [-0.25, -0.2) is 9.18 Å². The number of hydrogen-bond donors (Lipinski definition) is 2. The van der Waals surface area contributed by atoms with Crippen LogP contribution in [0.3, 0.4) is 0 Å². The molecule has 0 saturated carbocycles. The molecule has 7 heteroatoms. The van der Waals surface area contributed by atoms with Crippen molar-refractivity contribution in [1.29, 1.82) is 0 Å². The number of halogens is 1. The fourth-order valence-corrected chi connectivity index (χ4v) is 4.29. The van der Waals surface area contributed by atoms with Crippen LogP contribution in [-0.2, 0) is 5.54 Å². The van der Waals surface area contributed by atoms with Gasteiger partial charge in [0.15, 0.2) is 0 Å². The molecule has 1 aromatic heterocycles. The number of benzene rings is 2. The predicted octanol–water partition coefficient (Wildman–Crippen LogP) is 4.30. The lowest BCUT2D eigenvalue weighted by Gasteiger charge is -2.39. The molecule has 0 spiro atoms. The molecule has 2 N–H and O–H groups in total. The van der Waals surface area contributed by atoms with E-state index in [0.717, 1.165) is 0 Å². The van der Waals surface area contributed by atoms with Crippen LogP contribution in [0.5, 0.6) is 5.75 Å². The molecule has 6 nitrogen and oxygen atoms in total. The third-order valence-electron chi connectivity index (χ3n) is 5.91. The highest BCUT2D eigenvalue weighted by atomic mass is 19.1. The van der Waals surface area contributed by atoms with Crippen LogP contribution < -0.4 is 10.1 Å². The highest BCUT2D eigenvalue weighted by Crippen LogP contribution is 2.41. The number of hydrogen-bond acceptors (Lipinski definition) is 4. The minimum Gasteiger partial charge on any atom is -0.491 e. The zero-order valence-corrected chi connectivity index (χ0v) is 18.0. The maximum absolute atomic E-state index is 14.5. The summed E-state index contributed by atoms with van der Waals surface area (Å²) in [5, 5.41) is 12.5. The molecule has 0 saturated heterocycles. The van der Waals surface area contributed by atoms with Crippen molar-refractivity contribution in [3.8, 4) is 5.75 Å². The number of aryl methyl sites for hydroxylation is 3. The zero-order valence-electron chi connectivity index (χ0n) is 18.0. The van der Waals surface area contributed by atoms with Crippen LogP contribution in [0.2, 0.25) is 0 Å². The largest absolute Gasteiger partial charge is 0.491 e. The van der Waals surface area contributed by atoms with Crippen LogP contribution in [0.25, 0.3) is 0 Å². The molecule has 0 unspecified atom stereocenters. The predicted molar refractivity (Wildman–Crippen MR) is 117 cm³/mol. The number of carboxylic acids is 1. The Morgan fingerprint density at radius 2 is 1.81 bits per heavy atom. The van der Waals surface area contributed by atoms with Gasteiger partial charge in [-0.15, -0.1) is 0 Å². The van der Waals surface area contributed by atoms with Crippen LogP contribution >= 0.6 is 0 Å². The highest BCUT2D eigenvalue weighted by molar-refractivity contribution is 5.98. The molecule has 1 amide bonds. The summed E-state index contributed by atoms with van der Waals surface area (Å²) >= 11 is 0. The number of aromatic nitrogens is 1. The smallest absolute Gasteiger partial charge is 0.336 e. The molecule has 2 heterocycles. The molecule has 1 aliphatic rings. The second-order valence-corrected chi connectivity index (χ2v) is 8.06. The zero-order chi connectivity index (χ0) is 23.0. The lowest BCUT2D eigenvalue weighted by molar-refractivity contribution is 0.0694. The Morgan fingerprint density at radius 3 is 2.47 bits per heavy atom. The number of fused-ring (bicyclic) bond motifs is 1. The molecule has 1 atom stereocenters. The fourth-order valence-electron chi connectivity index (χ4n) is 4.29. The lowest BCUT2D eigenvalue weighted by Crippen LogP contribution is -2.50. The number of carbonyl (C=O) groups excluding carboxylic acids is 1. The van der Waals surface area contributed by atoms with Gasteiger partial charge in [-0.05, 0) is 73.4 Å². The van der Waals surface area contributed by atoms with E-state index >= 15 is 0 Å². The summed E-state index contributed by atoms with van der Waals surface area (Å²) in [6.45, 7) is 5.30. The van der Waals surface area contributed by atoms with Gasteiger partial charge >= 0.3 is 5.97 Å². The summed E-state index contributed by atoms with van der Waals surface area (Å²) in [5.41, 5.74) is 1.93. The van der Waals surface area contributed by atoms with E-state index < -0.39 is 17.4 Å². The van der Waals surface area contributed by atoms with Gasteiger partial charge in [0, 0.05) is 18.2 Å². The molecule has 2 aromatic carbocycles. The number of pyridine rings is 1. The first-order chi connectivity index (χ1) is 15.2. The van der Waals surface area contributed by atoms with Crippen LogP contribution in [-0.4, -0.2) is 28.6 Å². The molecule has 164 valence electrons. The molecule has 3 aromatic rings. The van der Waals surface area contributed by atoms with Crippen molar-refractivity contribution in [3.05, 3.63) is 93.6 Å². The van der Waals surface area contributed by atoms with Gasteiger partial charge < -0.3 is 15.2 Å². The third-order valence-corrected chi connectivity index (χ3v) is 5.91. The minimum atomic E-state index is -1.10. The Bertz CT molecular complexity index is 1220. The van der Waals surface area contributed by atoms with Crippen molar-refractivity contribution < 1.29 is 23.8 Å². The van der Waals surface area contributed by atoms with Gasteiger partial charge in [-0.1, -0.05) is 12.1 Å². The summed E-state index contributed by atoms with van der Waals surface area (Å²) in [7, 11) is 0. The van der Waals surface area contributed by atoms with E-state index in [2.05, 4.69) is 10.3 Å². The van der Waals surface area contributed by atoms with Crippen molar-refractivity contribution in [2.24, 2.45) is 0 Å². The van der Waals surface area contributed by atoms with Crippen molar-refractivity contribution >= 4 is 11.9 Å². The second-order valence-electron chi connectivity index (χ2n) is 8.06. The van der Waals surface area contributed by atoms with E-state index in [1.807, 2.05) is 0 Å². The summed E-state index contributed by atoms with van der Waals surface area (Å²) in [4.78, 5) is 29.4. The van der Waals surface area contributed by atoms with E-state index in [-0.39, 0.29) is 11.4 Å². The topological polar surface area (TPSA) is 88.5 Å². The molecule has 0 aliphatic carbocycles. The fraction of sp³-hybridized carbons (Fsp3) is 0.240. The number of nitrogens with zero attached hydrogens (tertiary/aromatic N) is 1. The van der Waals surface area contributed by atoms with Gasteiger partial charge in [-0.3, -0.25) is 9.78 Å². The number of nitrogens with one attached hydrogen (secondary N) is 1. The number of ether oxygens (including phenoxy) is 1. The van der Waals surface area contributed by atoms with Crippen molar-refractivity contribution in [1.82, 2.24) is 10.3 Å². The summed E-state index contributed by atoms with van der Waals surface area (Å²) in [6.07, 6.45) is 1.96. The van der Waals surface area contributed by atoms with E-state index in [1.54, 1.807) is 63.4 Å². The maximum atomic E-state index is 14.5. The molecule has 0 fully saturated rings. The Morgan fingerprint density at radius 1 is 1.09 bits per heavy atom. The lowest BCUT2D eigenvalue weighted by atomic mass is 9.80. The summed E-state index contributed by atoms with van der Waals surface area (Å²) < 4.78 is 20.3. The molecule has 0 radical (unpaired) electrons. The minimum absolute atomic E-state index is 0.176. The van der Waals surface area contributed by atoms with Gasteiger partial charge in [-0.2, -0.15) is 0 Å². The molecule has 4 rings (SSSR count). The van der Waals surface area contributed by atoms with Crippen LogP contribution in [0, 0.1) is 26.6 Å². The van der Waals surface area contributed by atoms with Gasteiger partial charge in [0.2, 0.25) is 0 Å². The van der Waals surface area contributed by atoms with Crippen LogP contribution in [0.4, 0.5) is 4.39 Å². The number of carboxylic acid groups (broad SMARTS) is 1. The SMILES string of the molecule is Cc1ccc([C@@]2(NC(=O)c3cc(C)c(C(=O)O)c(C)c3)CCOc3cccnc32)cc1F. The van der Waals surface area contributed by atoms with Gasteiger partial charge in [0.1, 0.15) is 22.8 Å². The molecular formula is C25H23FN2O4. The summed E-state index contributed by atoms with van der Waals surface area (Å²) in [5.74, 6) is -1.31. The molecular weight excluding hydrogens is 411 g/mol. The van der Waals surface area contributed by atoms with Gasteiger partial charge in [0.25, 0.3) is 5.91 Å². The number of rotatable bonds is 4. The quantitative estimate of drug-likeness (QED) is 0.639. The Labute approximate surface area is 185 Å². The highest BCUT2D eigenvalue weighted by Gasteiger charge is 2.43. The van der Waals surface area contributed by atoms with E-state index in [1.165, 1.54) is 6.07 Å². The first kappa shape index (κ1) is 21.5. The van der Waals surface area contributed by atoms with Crippen LogP contribution in [0.1, 0.15) is 55.1 Å². The van der Waals surface area contributed by atoms with Crippen molar-refractivity contribution in [3.63, 3.8) is 0 Å². The summed E-state index contributed by atoms with van der Waals surface area (Å²) in [6, 6.07) is 11.5. The second kappa shape index (κ2) is 8.07. The first-order valence-corrected chi connectivity index (χ1v) is 10.2. The number of amides is 1.